The lowest BCUT2D eigenvalue weighted by Gasteiger charge is -2.44. The highest BCUT2D eigenvalue weighted by Gasteiger charge is 2.55. The second-order valence-corrected chi connectivity index (χ2v) is 9.92. The fraction of sp³-hybridized carbons (Fsp3) is 0.179. The number of hydrogen-bond donors (Lipinski definition) is 2. The Balaban J connectivity index is 1.44. The molecule has 7 rings (SSSR count). The lowest BCUT2D eigenvalue weighted by Crippen LogP contribution is -2.55. The Morgan fingerprint density at radius 1 is 1.00 bits per heavy atom. The summed E-state index contributed by atoms with van der Waals surface area (Å²) < 4.78 is 30.9. The van der Waals surface area contributed by atoms with Crippen LogP contribution in [0, 0.1) is 6.92 Å². The van der Waals surface area contributed by atoms with Crippen LogP contribution in [0.3, 0.4) is 0 Å². The number of nitrogens with zero attached hydrogens (tertiary/aromatic N) is 6. The van der Waals surface area contributed by atoms with Crippen molar-refractivity contribution in [2.24, 2.45) is 5.73 Å². The fourth-order valence-corrected chi connectivity index (χ4v) is 5.28. The molecule has 0 amide bonds. The monoisotopic (exact) mass is 509 g/mol. The average molecular weight is 510 g/mol. The van der Waals surface area contributed by atoms with E-state index < -0.39 is 11.5 Å². The van der Waals surface area contributed by atoms with Gasteiger partial charge in [-0.25, -0.2) is 13.8 Å². The third kappa shape index (κ3) is 3.56. The highest BCUT2D eigenvalue weighted by molar-refractivity contribution is 5.93. The standard InChI is InChI=1S/C28H23F2N8/c1-17-33-24(35-34-17)25-36-38(21-9-7-20(8-10-21)27(31)15-28(29,30)16-27)26-22-13-19(18-5-3-2-4-6-18)14-32-23(22)11-12-37(25)26/h2-14H,15-16,31H2,1H3,(H,33,34,35)/q+1. The number of rotatable bonds is 4. The predicted octanol–water partition coefficient (Wildman–Crippen LogP) is 4.50. The molecule has 2 aromatic carbocycles. The molecule has 0 unspecified atom stereocenters. The number of pyridine rings is 2. The molecule has 0 atom stereocenters. The number of nitrogens with one attached hydrogen (secondary N) is 1. The summed E-state index contributed by atoms with van der Waals surface area (Å²) in [5.41, 5.74) is 10.3. The van der Waals surface area contributed by atoms with E-state index in [0.29, 0.717) is 23.0 Å². The molecule has 0 aliphatic heterocycles. The number of fused-ring (bicyclic) bond motifs is 3. The van der Waals surface area contributed by atoms with Gasteiger partial charge in [-0.15, -0.1) is 5.10 Å². The number of H-pyrrole nitrogens is 1. The fourth-order valence-electron chi connectivity index (χ4n) is 5.28. The van der Waals surface area contributed by atoms with E-state index in [1.54, 1.807) is 12.1 Å². The van der Waals surface area contributed by atoms with Crippen LogP contribution in [0.5, 0.6) is 0 Å². The summed E-state index contributed by atoms with van der Waals surface area (Å²) in [4.78, 5) is 9.22. The van der Waals surface area contributed by atoms with Gasteiger partial charge in [0.25, 0.3) is 17.4 Å². The van der Waals surface area contributed by atoms with E-state index >= 15 is 0 Å². The van der Waals surface area contributed by atoms with Gasteiger partial charge in [0.1, 0.15) is 11.5 Å². The van der Waals surface area contributed by atoms with E-state index in [1.807, 2.05) is 76.9 Å². The number of hydrogen-bond acceptors (Lipinski definition) is 5. The van der Waals surface area contributed by atoms with Crippen molar-refractivity contribution in [3.63, 3.8) is 0 Å². The van der Waals surface area contributed by atoms with Gasteiger partial charge >= 0.3 is 5.82 Å². The van der Waals surface area contributed by atoms with Crippen LogP contribution < -0.4 is 10.1 Å². The van der Waals surface area contributed by atoms with Crippen LogP contribution in [0.4, 0.5) is 8.78 Å². The quantitative estimate of drug-likeness (QED) is 0.341. The Kier molecular flexibility index (Phi) is 4.74. The maximum atomic E-state index is 13.6. The molecule has 0 bridgehead atoms. The second kappa shape index (κ2) is 7.96. The Labute approximate surface area is 215 Å². The Hall–Kier alpha value is -4.57. The van der Waals surface area contributed by atoms with Crippen LogP contribution in [-0.4, -0.2) is 35.9 Å². The number of alkyl halides is 2. The Bertz CT molecular complexity index is 1820. The van der Waals surface area contributed by atoms with Crippen LogP contribution in [0.1, 0.15) is 24.2 Å². The minimum absolute atomic E-state index is 0.354. The Morgan fingerprint density at radius 3 is 2.45 bits per heavy atom. The summed E-state index contributed by atoms with van der Waals surface area (Å²) >= 11 is 0. The van der Waals surface area contributed by atoms with Gasteiger partial charge in [-0.2, -0.15) is 4.40 Å². The smallest absolute Gasteiger partial charge is 0.321 e. The normalized spacial score (nSPS) is 16.1. The molecule has 4 heterocycles. The van der Waals surface area contributed by atoms with Gasteiger partial charge in [0.05, 0.1) is 27.7 Å². The first-order valence-electron chi connectivity index (χ1n) is 12.3. The first-order valence-corrected chi connectivity index (χ1v) is 12.3. The summed E-state index contributed by atoms with van der Waals surface area (Å²) in [6, 6.07) is 21.4. The van der Waals surface area contributed by atoms with E-state index in [2.05, 4.69) is 21.2 Å². The molecule has 3 N–H and O–H groups in total. The van der Waals surface area contributed by atoms with Crippen LogP contribution >= 0.6 is 0 Å². The molecule has 1 fully saturated rings. The van der Waals surface area contributed by atoms with Crippen molar-refractivity contribution in [2.45, 2.75) is 31.2 Å². The minimum Gasteiger partial charge on any atom is -0.321 e. The van der Waals surface area contributed by atoms with E-state index in [1.165, 1.54) is 0 Å². The van der Waals surface area contributed by atoms with Gasteiger partial charge in [0.15, 0.2) is 0 Å². The number of halogens is 2. The summed E-state index contributed by atoms with van der Waals surface area (Å²) in [5, 5.41) is 13.0. The molecule has 0 radical (unpaired) electrons. The summed E-state index contributed by atoms with van der Waals surface area (Å²) in [5.74, 6) is -1.04. The third-order valence-electron chi connectivity index (χ3n) is 7.13. The molecule has 1 aliphatic carbocycles. The van der Waals surface area contributed by atoms with E-state index in [0.717, 1.165) is 33.4 Å². The largest absolute Gasteiger partial charge is 0.353 e. The SMILES string of the molecule is Cc1nc(-c2nn(-c3ccc(C4(N)CC(F)(F)C4)cc3)c3c4cc(-c5ccccc5)cnc4cc[n+]23)n[nH]1. The lowest BCUT2D eigenvalue weighted by atomic mass is 9.70. The zero-order valence-electron chi connectivity index (χ0n) is 20.4. The molecule has 0 saturated heterocycles. The first-order chi connectivity index (χ1) is 18.3. The van der Waals surface area contributed by atoms with E-state index in [4.69, 9.17) is 15.8 Å². The highest BCUT2D eigenvalue weighted by atomic mass is 19.3. The van der Waals surface area contributed by atoms with Crippen molar-refractivity contribution in [1.82, 2.24) is 29.9 Å². The molecule has 188 valence electrons. The molecule has 8 nitrogen and oxygen atoms in total. The summed E-state index contributed by atoms with van der Waals surface area (Å²) in [7, 11) is 0. The van der Waals surface area contributed by atoms with Crippen molar-refractivity contribution < 1.29 is 13.2 Å². The van der Waals surface area contributed by atoms with Crippen LogP contribution in [0.25, 0.3) is 45.0 Å². The molecule has 6 aromatic rings. The third-order valence-corrected chi connectivity index (χ3v) is 7.13. The molecule has 1 aliphatic rings. The van der Waals surface area contributed by atoms with Crippen molar-refractivity contribution >= 4 is 16.6 Å². The van der Waals surface area contributed by atoms with Gasteiger partial charge in [-0.05, 0) is 42.3 Å². The van der Waals surface area contributed by atoms with Crippen molar-refractivity contribution in [3.05, 3.63) is 90.5 Å². The molecule has 10 heteroatoms. The van der Waals surface area contributed by atoms with Gasteiger partial charge < -0.3 is 5.73 Å². The minimum atomic E-state index is -2.71. The molecule has 1 saturated carbocycles. The molecule has 4 aromatic heterocycles. The van der Waals surface area contributed by atoms with Gasteiger partial charge in [-0.3, -0.25) is 10.1 Å². The van der Waals surface area contributed by atoms with Gasteiger partial charge in [0, 0.05) is 24.6 Å². The second-order valence-electron chi connectivity index (χ2n) is 9.92. The van der Waals surface area contributed by atoms with Crippen molar-refractivity contribution in [3.8, 4) is 28.5 Å². The predicted molar refractivity (Wildman–Crippen MR) is 138 cm³/mol. The Morgan fingerprint density at radius 2 is 1.76 bits per heavy atom. The van der Waals surface area contributed by atoms with Crippen LogP contribution in [0.15, 0.2) is 79.1 Å². The molecular formula is C28H23F2N8+. The zero-order chi connectivity index (χ0) is 26.1. The van der Waals surface area contributed by atoms with E-state index in [-0.39, 0.29) is 12.8 Å². The number of aromatic amines is 1. The summed E-state index contributed by atoms with van der Waals surface area (Å²) in [6.45, 7) is 1.83. The maximum Gasteiger partial charge on any atom is 0.353 e. The van der Waals surface area contributed by atoms with Gasteiger partial charge in [-0.1, -0.05) is 47.1 Å². The number of benzene rings is 2. The number of nitrogens with two attached hydrogens (primary N) is 1. The number of aromatic nitrogens is 7. The molecule has 0 spiro atoms. The van der Waals surface area contributed by atoms with E-state index in [9.17, 15) is 8.78 Å². The summed E-state index contributed by atoms with van der Waals surface area (Å²) in [6.07, 6.45) is 3.05. The number of aryl methyl sites for hydroxylation is 1. The van der Waals surface area contributed by atoms with Crippen LogP contribution in [0.2, 0.25) is 0 Å². The molecular weight excluding hydrogens is 486 g/mol. The zero-order valence-corrected chi connectivity index (χ0v) is 20.4. The average Bonchev–Trinajstić information content (AvgIpc) is 3.51. The van der Waals surface area contributed by atoms with Crippen molar-refractivity contribution in [2.75, 3.05) is 0 Å². The van der Waals surface area contributed by atoms with Crippen molar-refractivity contribution in [1.29, 1.82) is 0 Å². The maximum absolute atomic E-state index is 13.6. The lowest BCUT2D eigenvalue weighted by molar-refractivity contribution is -0.499. The van der Waals surface area contributed by atoms with Crippen LogP contribution in [-0.2, 0) is 5.54 Å². The first kappa shape index (κ1) is 22.6. The highest BCUT2D eigenvalue weighted by Crippen LogP contribution is 2.49. The topological polar surface area (TPSA) is 102 Å². The molecule has 38 heavy (non-hydrogen) atoms. The van der Waals surface area contributed by atoms with Gasteiger partial charge in [0.2, 0.25) is 0 Å².